The molecule has 0 N–H and O–H groups in total. The van der Waals surface area contributed by atoms with Gasteiger partial charge in [0.1, 0.15) is 0 Å². The fourth-order valence-electron chi connectivity index (χ4n) is 2.23. The SMILES string of the molecule is O=C1N=NC(=O)C(c2ccccc2)(c2ccccc2)O1. The van der Waals surface area contributed by atoms with E-state index in [1.54, 1.807) is 48.5 Å². The van der Waals surface area contributed by atoms with Gasteiger partial charge in [0, 0.05) is 11.1 Å². The highest BCUT2D eigenvalue weighted by Gasteiger charge is 2.48. The first-order valence-corrected chi connectivity index (χ1v) is 6.04. The number of hydrogen-bond donors (Lipinski definition) is 0. The van der Waals surface area contributed by atoms with Crippen LogP contribution in [0.1, 0.15) is 11.1 Å². The van der Waals surface area contributed by atoms with Crippen molar-refractivity contribution in [2.45, 2.75) is 5.60 Å². The van der Waals surface area contributed by atoms with Crippen molar-refractivity contribution in [1.82, 2.24) is 0 Å². The summed E-state index contributed by atoms with van der Waals surface area (Å²) in [4.78, 5) is 23.9. The van der Waals surface area contributed by atoms with Gasteiger partial charge in [-0.3, -0.25) is 4.79 Å². The number of ether oxygens (including phenoxy) is 1. The fraction of sp³-hybridized carbons (Fsp3) is 0.0667. The minimum Gasteiger partial charge on any atom is -0.420 e. The summed E-state index contributed by atoms with van der Waals surface area (Å²) < 4.78 is 5.31. The Hall–Kier alpha value is -2.82. The number of hydrogen-bond acceptors (Lipinski definition) is 3. The molecule has 2 aromatic carbocycles. The van der Waals surface area contributed by atoms with E-state index in [9.17, 15) is 9.59 Å². The Morgan fingerprint density at radius 1 is 0.750 bits per heavy atom. The molecule has 20 heavy (non-hydrogen) atoms. The summed E-state index contributed by atoms with van der Waals surface area (Å²) in [6.07, 6.45) is -0.877. The van der Waals surface area contributed by atoms with Crippen LogP contribution in [-0.2, 0) is 15.1 Å². The van der Waals surface area contributed by atoms with E-state index in [-0.39, 0.29) is 0 Å². The first-order valence-electron chi connectivity index (χ1n) is 6.04. The second kappa shape index (κ2) is 4.70. The van der Waals surface area contributed by atoms with Gasteiger partial charge in [-0.15, -0.1) is 0 Å². The van der Waals surface area contributed by atoms with Crippen molar-refractivity contribution in [3.63, 3.8) is 0 Å². The van der Waals surface area contributed by atoms with Crippen LogP contribution in [0.5, 0.6) is 0 Å². The maximum atomic E-state index is 12.3. The molecule has 5 nitrogen and oxygen atoms in total. The number of carbonyl (C=O) groups is 2. The zero-order chi connectivity index (χ0) is 14.0. The van der Waals surface area contributed by atoms with Crippen molar-refractivity contribution in [2.24, 2.45) is 10.2 Å². The van der Waals surface area contributed by atoms with E-state index in [1.165, 1.54) is 0 Å². The number of carbonyl (C=O) groups excluding carboxylic acids is 2. The average Bonchev–Trinajstić information content (AvgIpc) is 2.51. The van der Waals surface area contributed by atoms with Crippen molar-refractivity contribution in [1.29, 1.82) is 0 Å². The molecule has 0 aromatic heterocycles. The highest BCUT2D eigenvalue weighted by Crippen LogP contribution is 2.37. The number of amides is 2. The first kappa shape index (κ1) is 12.2. The quantitative estimate of drug-likeness (QED) is 0.838. The Morgan fingerprint density at radius 2 is 1.25 bits per heavy atom. The second-order valence-corrected chi connectivity index (χ2v) is 4.29. The van der Waals surface area contributed by atoms with Crippen LogP contribution < -0.4 is 0 Å². The summed E-state index contributed by atoms with van der Waals surface area (Å²) in [5.41, 5.74) is -0.465. The van der Waals surface area contributed by atoms with Crippen LogP contribution in [-0.4, -0.2) is 12.0 Å². The lowest BCUT2D eigenvalue weighted by atomic mass is 9.85. The molecule has 0 bridgehead atoms. The summed E-state index contributed by atoms with van der Waals surface area (Å²) in [5, 5.41) is 6.60. The average molecular weight is 266 g/mol. The monoisotopic (exact) mass is 266 g/mol. The third-order valence-corrected chi connectivity index (χ3v) is 3.12. The van der Waals surface area contributed by atoms with E-state index >= 15 is 0 Å². The maximum Gasteiger partial charge on any atom is 0.454 e. The molecular formula is C15H10N2O3. The van der Waals surface area contributed by atoms with E-state index in [2.05, 4.69) is 10.2 Å². The molecule has 0 saturated carbocycles. The van der Waals surface area contributed by atoms with Crippen LogP contribution >= 0.6 is 0 Å². The van der Waals surface area contributed by atoms with Gasteiger partial charge in [-0.1, -0.05) is 70.9 Å². The van der Waals surface area contributed by atoms with Crippen molar-refractivity contribution in [3.8, 4) is 0 Å². The van der Waals surface area contributed by atoms with Gasteiger partial charge in [0.25, 0.3) is 0 Å². The summed E-state index contributed by atoms with van der Waals surface area (Å²) in [7, 11) is 0. The Labute approximate surface area is 114 Å². The van der Waals surface area contributed by atoms with Gasteiger partial charge in [0.2, 0.25) is 5.60 Å². The Kier molecular flexibility index (Phi) is 2.87. The van der Waals surface area contributed by atoms with Crippen molar-refractivity contribution in [3.05, 3.63) is 71.8 Å². The molecule has 3 rings (SSSR count). The molecule has 0 saturated heterocycles. The predicted molar refractivity (Wildman–Crippen MR) is 70.0 cm³/mol. The molecule has 0 aliphatic carbocycles. The van der Waals surface area contributed by atoms with Crippen LogP contribution in [0.25, 0.3) is 0 Å². The predicted octanol–water partition coefficient (Wildman–Crippen LogP) is 3.06. The molecule has 1 aliphatic rings. The van der Waals surface area contributed by atoms with E-state index in [4.69, 9.17) is 4.74 Å². The smallest absolute Gasteiger partial charge is 0.420 e. The van der Waals surface area contributed by atoms with Crippen molar-refractivity contribution >= 4 is 12.0 Å². The van der Waals surface area contributed by atoms with Gasteiger partial charge < -0.3 is 4.74 Å². The largest absolute Gasteiger partial charge is 0.454 e. The molecular weight excluding hydrogens is 256 g/mol. The molecule has 2 amide bonds. The van der Waals surface area contributed by atoms with E-state index < -0.39 is 17.6 Å². The van der Waals surface area contributed by atoms with Crippen LogP contribution in [0, 0.1) is 0 Å². The van der Waals surface area contributed by atoms with Crippen LogP contribution in [0.15, 0.2) is 70.9 Å². The van der Waals surface area contributed by atoms with E-state index in [0.717, 1.165) is 0 Å². The number of nitrogens with zero attached hydrogens (tertiary/aromatic N) is 2. The molecule has 5 heteroatoms. The fourth-order valence-corrected chi connectivity index (χ4v) is 2.23. The van der Waals surface area contributed by atoms with Crippen molar-refractivity contribution in [2.75, 3.05) is 0 Å². The lowest BCUT2D eigenvalue weighted by Gasteiger charge is -2.31. The lowest BCUT2D eigenvalue weighted by Crippen LogP contribution is -2.42. The van der Waals surface area contributed by atoms with Crippen LogP contribution in [0.4, 0.5) is 4.79 Å². The first-order chi connectivity index (χ1) is 9.73. The molecule has 1 heterocycles. The van der Waals surface area contributed by atoms with Crippen LogP contribution in [0.3, 0.4) is 0 Å². The maximum absolute atomic E-state index is 12.3. The lowest BCUT2D eigenvalue weighted by molar-refractivity contribution is -0.135. The molecule has 1 aliphatic heterocycles. The zero-order valence-electron chi connectivity index (χ0n) is 10.4. The summed E-state index contributed by atoms with van der Waals surface area (Å²) in [6.45, 7) is 0. The van der Waals surface area contributed by atoms with Gasteiger partial charge in [-0.05, 0) is 0 Å². The van der Waals surface area contributed by atoms with E-state index in [1.807, 2.05) is 12.1 Å². The summed E-state index contributed by atoms with van der Waals surface area (Å²) in [6, 6.07) is 17.6. The molecule has 98 valence electrons. The molecule has 0 atom stereocenters. The number of cyclic esters (lactones) is 1. The summed E-state index contributed by atoms with van der Waals surface area (Å²) in [5.74, 6) is -0.616. The second-order valence-electron chi connectivity index (χ2n) is 4.29. The summed E-state index contributed by atoms with van der Waals surface area (Å²) >= 11 is 0. The Morgan fingerprint density at radius 3 is 1.75 bits per heavy atom. The molecule has 0 unspecified atom stereocenters. The molecule has 2 aromatic rings. The van der Waals surface area contributed by atoms with E-state index in [0.29, 0.717) is 11.1 Å². The number of rotatable bonds is 2. The number of benzene rings is 2. The molecule has 0 radical (unpaired) electrons. The van der Waals surface area contributed by atoms with Crippen LogP contribution in [0.2, 0.25) is 0 Å². The minimum atomic E-state index is -1.55. The zero-order valence-corrected chi connectivity index (χ0v) is 10.4. The Balaban J connectivity index is 2.26. The van der Waals surface area contributed by atoms with Gasteiger partial charge in [0.05, 0.1) is 0 Å². The highest BCUT2D eigenvalue weighted by molar-refractivity contribution is 5.95. The van der Waals surface area contributed by atoms with Crippen molar-refractivity contribution < 1.29 is 14.3 Å². The number of azo groups is 1. The van der Waals surface area contributed by atoms with Gasteiger partial charge in [-0.25, -0.2) is 4.79 Å². The van der Waals surface area contributed by atoms with Gasteiger partial charge >= 0.3 is 12.0 Å². The third-order valence-electron chi connectivity index (χ3n) is 3.12. The highest BCUT2D eigenvalue weighted by atomic mass is 16.6. The van der Waals surface area contributed by atoms with Gasteiger partial charge in [-0.2, -0.15) is 0 Å². The third kappa shape index (κ3) is 1.80. The Bertz CT molecular complexity index is 641. The topological polar surface area (TPSA) is 68.1 Å². The molecule has 0 fully saturated rings. The molecule has 0 spiro atoms. The minimum absolute atomic E-state index is 0.545. The standard InChI is InChI=1S/C15H10N2O3/c18-13-15(20-14(19)17-16-13,11-7-3-1-4-8-11)12-9-5-2-6-10-12/h1-10H. The van der Waals surface area contributed by atoms with Gasteiger partial charge in [0.15, 0.2) is 0 Å². The normalized spacial score (nSPS) is 16.8.